The van der Waals surface area contributed by atoms with Gasteiger partial charge in [0, 0.05) is 0 Å². The molecule has 0 saturated heterocycles. The molecule has 0 spiro atoms. The molecular weight excluding hydrogens is 154 g/mol. The summed E-state index contributed by atoms with van der Waals surface area (Å²) in [6.07, 6.45) is 2.91. The SMILES string of the molecule is CC(C)C1(O)CCC(=NO)CC1. The summed E-state index contributed by atoms with van der Waals surface area (Å²) < 4.78 is 0. The molecular formula is C9H17NO2. The Hall–Kier alpha value is -0.570. The Kier molecular flexibility index (Phi) is 2.73. The summed E-state index contributed by atoms with van der Waals surface area (Å²) in [4.78, 5) is 0. The number of oxime groups is 1. The second kappa shape index (κ2) is 3.44. The largest absolute Gasteiger partial charge is 0.411 e. The Morgan fingerprint density at radius 1 is 1.33 bits per heavy atom. The molecule has 0 aliphatic heterocycles. The highest BCUT2D eigenvalue weighted by molar-refractivity contribution is 5.84. The first-order valence-electron chi connectivity index (χ1n) is 4.50. The molecule has 12 heavy (non-hydrogen) atoms. The maximum Gasteiger partial charge on any atom is 0.0677 e. The fourth-order valence-electron chi connectivity index (χ4n) is 1.65. The van der Waals surface area contributed by atoms with Crippen molar-refractivity contribution in [2.24, 2.45) is 11.1 Å². The number of nitrogens with zero attached hydrogens (tertiary/aromatic N) is 1. The molecule has 2 N–H and O–H groups in total. The van der Waals surface area contributed by atoms with Crippen LogP contribution in [0.4, 0.5) is 0 Å². The van der Waals surface area contributed by atoms with Crippen LogP contribution >= 0.6 is 0 Å². The van der Waals surface area contributed by atoms with Gasteiger partial charge in [0.05, 0.1) is 11.3 Å². The minimum absolute atomic E-state index is 0.290. The van der Waals surface area contributed by atoms with Crippen molar-refractivity contribution in [3.8, 4) is 0 Å². The van der Waals surface area contributed by atoms with Crippen LogP contribution in [-0.4, -0.2) is 21.6 Å². The first kappa shape index (κ1) is 9.52. The molecule has 0 amide bonds. The van der Waals surface area contributed by atoms with Crippen LogP contribution in [0.15, 0.2) is 5.16 Å². The molecule has 0 aromatic rings. The molecule has 1 rings (SSSR count). The van der Waals surface area contributed by atoms with Gasteiger partial charge in [0.1, 0.15) is 0 Å². The van der Waals surface area contributed by atoms with Gasteiger partial charge in [0.15, 0.2) is 0 Å². The van der Waals surface area contributed by atoms with Crippen LogP contribution in [0.1, 0.15) is 39.5 Å². The summed E-state index contributed by atoms with van der Waals surface area (Å²) in [5.74, 6) is 0.290. The predicted octanol–water partition coefficient (Wildman–Crippen LogP) is 1.78. The highest BCUT2D eigenvalue weighted by Crippen LogP contribution is 2.32. The lowest BCUT2D eigenvalue weighted by molar-refractivity contribution is -0.0230. The van der Waals surface area contributed by atoms with Crippen LogP contribution in [0.3, 0.4) is 0 Å². The summed E-state index contributed by atoms with van der Waals surface area (Å²) >= 11 is 0. The fraction of sp³-hybridized carbons (Fsp3) is 0.889. The quantitative estimate of drug-likeness (QED) is 0.466. The first-order chi connectivity index (χ1) is 5.58. The van der Waals surface area contributed by atoms with Crippen LogP contribution in [-0.2, 0) is 0 Å². The van der Waals surface area contributed by atoms with E-state index >= 15 is 0 Å². The van der Waals surface area contributed by atoms with E-state index in [1.807, 2.05) is 13.8 Å². The number of aliphatic hydroxyl groups is 1. The maximum absolute atomic E-state index is 10.0. The van der Waals surface area contributed by atoms with Crippen molar-refractivity contribution >= 4 is 5.71 Å². The van der Waals surface area contributed by atoms with Gasteiger partial charge in [-0.05, 0) is 31.6 Å². The summed E-state index contributed by atoms with van der Waals surface area (Å²) in [5, 5.41) is 21.7. The summed E-state index contributed by atoms with van der Waals surface area (Å²) in [6.45, 7) is 4.06. The standard InChI is InChI=1S/C9H17NO2/c1-7(2)9(11)5-3-8(10-12)4-6-9/h7,11-12H,3-6H2,1-2H3. The average Bonchev–Trinajstić information content (AvgIpc) is 2.06. The Bertz CT molecular complexity index is 177. The zero-order valence-electron chi connectivity index (χ0n) is 7.75. The monoisotopic (exact) mass is 171 g/mol. The van der Waals surface area contributed by atoms with E-state index in [4.69, 9.17) is 5.21 Å². The summed E-state index contributed by atoms with van der Waals surface area (Å²) in [6, 6.07) is 0. The van der Waals surface area contributed by atoms with E-state index < -0.39 is 5.60 Å². The molecule has 0 bridgehead atoms. The third-order valence-electron chi connectivity index (χ3n) is 2.91. The molecule has 0 radical (unpaired) electrons. The second-order valence-electron chi connectivity index (χ2n) is 3.92. The normalized spacial score (nSPS) is 30.8. The molecule has 3 nitrogen and oxygen atoms in total. The van der Waals surface area contributed by atoms with Crippen LogP contribution in [0.2, 0.25) is 0 Å². The van der Waals surface area contributed by atoms with Gasteiger partial charge in [-0.15, -0.1) is 0 Å². The van der Waals surface area contributed by atoms with Crippen molar-refractivity contribution in [3.63, 3.8) is 0 Å². The zero-order chi connectivity index (χ0) is 9.19. The predicted molar refractivity (Wildman–Crippen MR) is 47.5 cm³/mol. The maximum atomic E-state index is 10.0. The van der Waals surface area contributed by atoms with Gasteiger partial charge in [-0.1, -0.05) is 19.0 Å². The lowest BCUT2D eigenvalue weighted by Gasteiger charge is -2.35. The van der Waals surface area contributed by atoms with Crippen molar-refractivity contribution in [2.75, 3.05) is 0 Å². The number of hydrogen-bond acceptors (Lipinski definition) is 3. The van der Waals surface area contributed by atoms with E-state index in [1.54, 1.807) is 0 Å². The molecule has 3 heteroatoms. The minimum Gasteiger partial charge on any atom is -0.411 e. The molecule has 0 aromatic carbocycles. The molecule has 1 aliphatic rings. The molecule has 0 heterocycles. The van der Waals surface area contributed by atoms with Gasteiger partial charge in [-0.25, -0.2) is 0 Å². The highest BCUT2D eigenvalue weighted by atomic mass is 16.4. The van der Waals surface area contributed by atoms with E-state index in [1.165, 1.54) is 0 Å². The van der Waals surface area contributed by atoms with Gasteiger partial charge in [-0.3, -0.25) is 0 Å². The van der Waals surface area contributed by atoms with Crippen LogP contribution in [0.5, 0.6) is 0 Å². The average molecular weight is 171 g/mol. The molecule has 1 saturated carbocycles. The lowest BCUT2D eigenvalue weighted by atomic mass is 9.77. The Balaban J connectivity index is 2.55. The van der Waals surface area contributed by atoms with Gasteiger partial charge in [0.2, 0.25) is 0 Å². The molecule has 70 valence electrons. The fourth-order valence-corrected chi connectivity index (χ4v) is 1.65. The molecule has 1 aliphatic carbocycles. The van der Waals surface area contributed by atoms with Crippen molar-refractivity contribution in [2.45, 2.75) is 45.1 Å². The Morgan fingerprint density at radius 3 is 2.17 bits per heavy atom. The molecule has 0 aromatic heterocycles. The second-order valence-corrected chi connectivity index (χ2v) is 3.92. The van der Waals surface area contributed by atoms with Crippen molar-refractivity contribution in [1.29, 1.82) is 0 Å². The van der Waals surface area contributed by atoms with Crippen molar-refractivity contribution < 1.29 is 10.3 Å². The Labute approximate surface area is 73.1 Å². The minimum atomic E-state index is -0.534. The number of rotatable bonds is 1. The number of hydrogen-bond donors (Lipinski definition) is 2. The van der Waals surface area contributed by atoms with Gasteiger partial charge >= 0.3 is 0 Å². The van der Waals surface area contributed by atoms with Gasteiger partial charge in [0.25, 0.3) is 0 Å². The first-order valence-corrected chi connectivity index (χ1v) is 4.50. The smallest absolute Gasteiger partial charge is 0.0677 e. The molecule has 0 atom stereocenters. The van der Waals surface area contributed by atoms with Crippen LogP contribution in [0, 0.1) is 5.92 Å². The Morgan fingerprint density at radius 2 is 1.83 bits per heavy atom. The van der Waals surface area contributed by atoms with Crippen LogP contribution < -0.4 is 0 Å². The third kappa shape index (κ3) is 1.78. The van der Waals surface area contributed by atoms with Crippen LogP contribution in [0.25, 0.3) is 0 Å². The van der Waals surface area contributed by atoms with Gasteiger partial charge < -0.3 is 10.3 Å². The summed E-state index contributed by atoms with van der Waals surface area (Å²) in [5.41, 5.74) is 0.286. The highest BCUT2D eigenvalue weighted by Gasteiger charge is 2.34. The molecule has 0 unspecified atom stereocenters. The van der Waals surface area contributed by atoms with Crippen molar-refractivity contribution in [1.82, 2.24) is 0 Å². The van der Waals surface area contributed by atoms with Gasteiger partial charge in [-0.2, -0.15) is 0 Å². The van der Waals surface area contributed by atoms with E-state index in [9.17, 15) is 5.11 Å². The zero-order valence-corrected chi connectivity index (χ0v) is 7.75. The third-order valence-corrected chi connectivity index (χ3v) is 2.91. The van der Waals surface area contributed by atoms with E-state index in [0.29, 0.717) is 0 Å². The lowest BCUT2D eigenvalue weighted by Crippen LogP contribution is -2.39. The topological polar surface area (TPSA) is 52.8 Å². The van der Waals surface area contributed by atoms with E-state index in [2.05, 4.69) is 5.16 Å². The van der Waals surface area contributed by atoms with E-state index in [0.717, 1.165) is 31.4 Å². The van der Waals surface area contributed by atoms with E-state index in [-0.39, 0.29) is 5.92 Å². The summed E-state index contributed by atoms with van der Waals surface area (Å²) in [7, 11) is 0. The molecule has 1 fully saturated rings. The van der Waals surface area contributed by atoms with Crippen molar-refractivity contribution in [3.05, 3.63) is 0 Å².